The van der Waals surface area contributed by atoms with Crippen LogP contribution in [0.5, 0.6) is 0 Å². The van der Waals surface area contributed by atoms with Crippen LogP contribution in [0.15, 0.2) is 29.2 Å². The van der Waals surface area contributed by atoms with Gasteiger partial charge in [0.2, 0.25) is 15.9 Å². The van der Waals surface area contributed by atoms with E-state index in [1.54, 1.807) is 12.1 Å². The van der Waals surface area contributed by atoms with Crippen LogP contribution in [0.25, 0.3) is 0 Å². The highest BCUT2D eigenvalue weighted by atomic mass is 32.2. The van der Waals surface area contributed by atoms with Crippen molar-refractivity contribution < 1.29 is 13.2 Å². The molecule has 0 saturated carbocycles. The van der Waals surface area contributed by atoms with E-state index >= 15 is 0 Å². The number of piperidine rings is 1. The number of likely N-dealkylation sites (tertiary alicyclic amines) is 1. The molecular formula is C23H38N4O3S. The Morgan fingerprint density at radius 2 is 1.74 bits per heavy atom. The van der Waals surface area contributed by atoms with Gasteiger partial charge >= 0.3 is 0 Å². The summed E-state index contributed by atoms with van der Waals surface area (Å²) in [7, 11) is -3.66. The first kappa shape index (κ1) is 24.2. The third-order valence-electron chi connectivity index (χ3n) is 6.37. The SMILES string of the molecule is Cc1ccccc1S(=O)(=O)N(CCC(=O)N1CCNCC1)CCN1CC(C)CC(C)C1. The monoisotopic (exact) mass is 450 g/mol. The van der Waals surface area contributed by atoms with Crippen molar-refractivity contribution in [1.82, 2.24) is 19.4 Å². The summed E-state index contributed by atoms with van der Waals surface area (Å²) in [5, 5.41) is 3.24. The molecule has 0 spiro atoms. The molecule has 0 bridgehead atoms. The zero-order valence-corrected chi connectivity index (χ0v) is 20.0. The molecule has 2 unspecified atom stereocenters. The summed E-state index contributed by atoms with van der Waals surface area (Å²) in [4.78, 5) is 17.2. The fourth-order valence-electron chi connectivity index (χ4n) is 4.86. The van der Waals surface area contributed by atoms with Gasteiger partial charge in [0.25, 0.3) is 0 Å². The second kappa shape index (κ2) is 10.9. The summed E-state index contributed by atoms with van der Waals surface area (Å²) >= 11 is 0. The fraction of sp³-hybridized carbons (Fsp3) is 0.696. The van der Waals surface area contributed by atoms with Gasteiger partial charge in [-0.25, -0.2) is 8.42 Å². The van der Waals surface area contributed by atoms with Crippen molar-refractivity contribution in [3.05, 3.63) is 29.8 Å². The van der Waals surface area contributed by atoms with E-state index in [1.165, 1.54) is 10.7 Å². The zero-order valence-electron chi connectivity index (χ0n) is 19.2. The fourth-order valence-corrected chi connectivity index (χ4v) is 6.51. The Bertz CT molecular complexity index is 829. The van der Waals surface area contributed by atoms with Crippen LogP contribution < -0.4 is 5.32 Å². The highest BCUT2D eigenvalue weighted by Crippen LogP contribution is 2.23. The van der Waals surface area contributed by atoms with Crippen molar-refractivity contribution in [3.8, 4) is 0 Å². The number of carbonyl (C=O) groups is 1. The molecule has 0 aliphatic carbocycles. The first-order valence-electron chi connectivity index (χ1n) is 11.5. The van der Waals surface area contributed by atoms with E-state index in [-0.39, 0.29) is 18.9 Å². The van der Waals surface area contributed by atoms with Gasteiger partial charge in [-0.15, -0.1) is 0 Å². The van der Waals surface area contributed by atoms with Crippen molar-refractivity contribution >= 4 is 15.9 Å². The van der Waals surface area contributed by atoms with Crippen LogP contribution in [0.3, 0.4) is 0 Å². The summed E-state index contributed by atoms with van der Waals surface area (Å²) in [6.07, 6.45) is 1.44. The van der Waals surface area contributed by atoms with Gasteiger partial charge in [-0.2, -0.15) is 4.31 Å². The number of aryl methyl sites for hydroxylation is 1. The standard InChI is InChI=1S/C23H38N4O3S/c1-19-16-20(2)18-25(17-19)14-15-27(11-8-23(28)26-12-9-24-10-13-26)31(29,30)22-7-5-4-6-21(22)3/h4-7,19-20,24H,8-18H2,1-3H3. The van der Waals surface area contributed by atoms with Crippen molar-refractivity contribution in [3.63, 3.8) is 0 Å². The first-order chi connectivity index (χ1) is 14.8. The van der Waals surface area contributed by atoms with Crippen molar-refractivity contribution in [1.29, 1.82) is 0 Å². The zero-order chi connectivity index (χ0) is 22.4. The van der Waals surface area contributed by atoms with Crippen LogP contribution in [0.4, 0.5) is 0 Å². The molecule has 2 aliphatic heterocycles. The number of amides is 1. The Kier molecular flexibility index (Phi) is 8.50. The lowest BCUT2D eigenvalue weighted by molar-refractivity contribution is -0.131. The Hall–Kier alpha value is -1.48. The molecule has 2 heterocycles. The lowest BCUT2D eigenvalue weighted by Crippen LogP contribution is -2.48. The average Bonchev–Trinajstić information content (AvgIpc) is 2.73. The third-order valence-corrected chi connectivity index (χ3v) is 8.43. The quantitative estimate of drug-likeness (QED) is 0.654. The number of hydrogen-bond donors (Lipinski definition) is 1. The number of benzene rings is 1. The van der Waals surface area contributed by atoms with Crippen LogP contribution in [0, 0.1) is 18.8 Å². The van der Waals surface area contributed by atoms with E-state index in [1.807, 2.05) is 24.0 Å². The predicted molar refractivity (Wildman–Crippen MR) is 123 cm³/mol. The second-order valence-corrected chi connectivity index (χ2v) is 11.2. The van der Waals surface area contributed by atoms with E-state index in [2.05, 4.69) is 24.1 Å². The minimum absolute atomic E-state index is 0.0340. The van der Waals surface area contributed by atoms with Crippen molar-refractivity contribution in [2.24, 2.45) is 11.8 Å². The number of rotatable bonds is 8. The molecule has 1 aromatic rings. The first-order valence-corrected chi connectivity index (χ1v) is 13.0. The van der Waals surface area contributed by atoms with Gasteiger partial charge in [0.1, 0.15) is 0 Å². The van der Waals surface area contributed by atoms with Crippen LogP contribution in [0.2, 0.25) is 0 Å². The van der Waals surface area contributed by atoms with Crippen molar-refractivity contribution in [2.75, 3.05) is 58.9 Å². The number of carbonyl (C=O) groups excluding carboxylic acids is 1. The number of piperazine rings is 1. The summed E-state index contributed by atoms with van der Waals surface area (Å²) in [6, 6.07) is 7.10. The average molecular weight is 451 g/mol. The van der Waals surface area contributed by atoms with E-state index in [0.29, 0.717) is 42.9 Å². The summed E-state index contributed by atoms with van der Waals surface area (Å²) in [5.74, 6) is 1.28. The summed E-state index contributed by atoms with van der Waals surface area (Å²) < 4.78 is 28.6. The molecule has 3 rings (SSSR count). The Morgan fingerprint density at radius 1 is 1.10 bits per heavy atom. The molecule has 2 atom stereocenters. The molecule has 2 fully saturated rings. The number of nitrogens with one attached hydrogen (secondary N) is 1. The van der Waals surface area contributed by atoms with Gasteiger partial charge in [-0.1, -0.05) is 32.0 Å². The lowest BCUT2D eigenvalue weighted by Gasteiger charge is -2.36. The van der Waals surface area contributed by atoms with Crippen molar-refractivity contribution in [2.45, 2.75) is 38.5 Å². The molecule has 2 aliphatic rings. The summed E-state index contributed by atoms with van der Waals surface area (Å²) in [6.45, 7) is 12.6. The Morgan fingerprint density at radius 3 is 2.39 bits per heavy atom. The van der Waals surface area contributed by atoms with Gasteiger partial charge in [0.15, 0.2) is 0 Å². The summed E-state index contributed by atoms with van der Waals surface area (Å²) in [5.41, 5.74) is 0.737. The number of nitrogens with zero attached hydrogens (tertiary/aromatic N) is 3. The molecule has 174 valence electrons. The van der Waals surface area contributed by atoms with E-state index in [9.17, 15) is 13.2 Å². The lowest BCUT2D eigenvalue weighted by atomic mass is 9.92. The number of sulfonamides is 1. The molecular weight excluding hydrogens is 412 g/mol. The van der Waals surface area contributed by atoms with E-state index in [4.69, 9.17) is 0 Å². The van der Waals surface area contributed by atoms with E-state index in [0.717, 1.165) is 31.7 Å². The smallest absolute Gasteiger partial charge is 0.243 e. The topological polar surface area (TPSA) is 73.0 Å². The maximum atomic E-state index is 13.5. The minimum Gasteiger partial charge on any atom is -0.340 e. The maximum absolute atomic E-state index is 13.5. The van der Waals surface area contributed by atoms with Gasteiger partial charge in [0, 0.05) is 65.3 Å². The van der Waals surface area contributed by atoms with Crippen LogP contribution in [-0.4, -0.2) is 87.3 Å². The van der Waals surface area contributed by atoms with Crippen LogP contribution in [0.1, 0.15) is 32.3 Å². The Labute approximate surface area is 187 Å². The molecule has 0 radical (unpaired) electrons. The molecule has 7 nitrogen and oxygen atoms in total. The largest absolute Gasteiger partial charge is 0.340 e. The van der Waals surface area contributed by atoms with Crippen LogP contribution in [-0.2, 0) is 14.8 Å². The third kappa shape index (κ3) is 6.51. The molecule has 0 aromatic heterocycles. The normalized spacial score (nSPS) is 23.3. The maximum Gasteiger partial charge on any atom is 0.243 e. The van der Waals surface area contributed by atoms with Crippen LogP contribution >= 0.6 is 0 Å². The molecule has 1 aromatic carbocycles. The molecule has 1 N–H and O–H groups in total. The molecule has 2 saturated heterocycles. The molecule has 1 amide bonds. The van der Waals surface area contributed by atoms with Gasteiger partial charge in [0.05, 0.1) is 4.90 Å². The minimum atomic E-state index is -3.66. The van der Waals surface area contributed by atoms with Gasteiger partial charge < -0.3 is 15.1 Å². The second-order valence-electron chi connectivity index (χ2n) is 9.26. The highest BCUT2D eigenvalue weighted by molar-refractivity contribution is 7.89. The number of hydrogen-bond acceptors (Lipinski definition) is 5. The predicted octanol–water partition coefficient (Wildman–Crippen LogP) is 1.79. The van der Waals surface area contributed by atoms with Gasteiger partial charge in [-0.05, 0) is 36.8 Å². The highest BCUT2D eigenvalue weighted by Gasteiger charge is 2.29. The molecule has 8 heteroatoms. The van der Waals surface area contributed by atoms with E-state index < -0.39 is 10.0 Å². The van der Waals surface area contributed by atoms with Gasteiger partial charge in [-0.3, -0.25) is 4.79 Å². The molecule has 31 heavy (non-hydrogen) atoms. The Balaban J connectivity index is 1.71.